The van der Waals surface area contributed by atoms with Gasteiger partial charge in [0.1, 0.15) is 0 Å². The van der Waals surface area contributed by atoms with E-state index in [1.807, 2.05) is 0 Å². The van der Waals surface area contributed by atoms with E-state index in [9.17, 15) is 0 Å². The molecule has 0 unspecified atom stereocenters. The number of rotatable bonds is 0. The van der Waals surface area contributed by atoms with Gasteiger partial charge in [0.15, 0.2) is 0 Å². The minimum absolute atomic E-state index is 0.837. The van der Waals surface area contributed by atoms with Gasteiger partial charge in [-0.1, -0.05) is 6.07 Å². The van der Waals surface area contributed by atoms with Gasteiger partial charge in [-0.05, 0) is 54.0 Å². The predicted octanol–water partition coefficient (Wildman–Crippen LogP) is 2.51. The molecule has 0 fully saturated rings. The maximum atomic E-state index is 5.50. The van der Waals surface area contributed by atoms with E-state index in [-0.39, 0.29) is 0 Å². The molecule has 0 aromatic heterocycles. The van der Waals surface area contributed by atoms with E-state index in [0.717, 1.165) is 13.2 Å². The third-order valence-corrected chi connectivity index (χ3v) is 3.34. The highest BCUT2D eigenvalue weighted by molar-refractivity contribution is 5.48. The van der Waals surface area contributed by atoms with Crippen LogP contribution in [0.5, 0.6) is 0 Å². The Balaban J connectivity index is 2.28. The van der Waals surface area contributed by atoms with Crippen molar-refractivity contribution in [2.24, 2.45) is 0 Å². The predicted molar refractivity (Wildman–Crippen MR) is 51.7 cm³/mol. The number of benzene rings is 1. The molecule has 0 saturated heterocycles. The summed E-state index contributed by atoms with van der Waals surface area (Å²) < 4.78 is 5.50. The van der Waals surface area contributed by atoms with Gasteiger partial charge in [-0.3, -0.25) is 0 Å². The quantitative estimate of drug-likeness (QED) is 0.587. The molecule has 1 heteroatoms. The highest BCUT2D eigenvalue weighted by atomic mass is 16.5. The molecule has 1 nitrogen and oxygen atoms in total. The van der Waals surface area contributed by atoms with Gasteiger partial charge in [0.25, 0.3) is 0 Å². The van der Waals surface area contributed by atoms with Crippen LogP contribution in [0.2, 0.25) is 0 Å². The van der Waals surface area contributed by atoms with Crippen molar-refractivity contribution in [2.75, 3.05) is 0 Å². The number of ether oxygens (including phenoxy) is 1. The van der Waals surface area contributed by atoms with Gasteiger partial charge in [-0.2, -0.15) is 0 Å². The van der Waals surface area contributed by atoms with E-state index in [0.29, 0.717) is 0 Å². The van der Waals surface area contributed by atoms with Crippen molar-refractivity contribution < 1.29 is 4.74 Å². The third-order valence-electron chi connectivity index (χ3n) is 3.34. The number of hydrogen-bond acceptors (Lipinski definition) is 1. The molecule has 0 amide bonds. The fraction of sp³-hybridized carbons (Fsp3) is 0.500. The summed E-state index contributed by atoms with van der Waals surface area (Å²) >= 11 is 0. The van der Waals surface area contributed by atoms with Crippen LogP contribution in [0, 0.1) is 6.92 Å². The molecule has 1 aromatic carbocycles. The van der Waals surface area contributed by atoms with E-state index in [1.165, 1.54) is 36.0 Å². The maximum absolute atomic E-state index is 5.50. The molecule has 0 spiro atoms. The van der Waals surface area contributed by atoms with Gasteiger partial charge in [0, 0.05) is 0 Å². The Morgan fingerprint density at radius 2 is 1.92 bits per heavy atom. The molecule has 0 atom stereocenters. The van der Waals surface area contributed by atoms with Crippen LogP contribution in [0.15, 0.2) is 6.07 Å². The zero-order chi connectivity index (χ0) is 8.84. The largest absolute Gasteiger partial charge is 0.372 e. The van der Waals surface area contributed by atoms with Gasteiger partial charge in [0.05, 0.1) is 13.2 Å². The van der Waals surface area contributed by atoms with Crippen LogP contribution in [0.25, 0.3) is 0 Å². The molecule has 68 valence electrons. The lowest BCUT2D eigenvalue weighted by atomic mass is 9.96. The highest BCUT2D eigenvalue weighted by Crippen LogP contribution is 2.34. The third kappa shape index (κ3) is 0.969. The summed E-state index contributed by atoms with van der Waals surface area (Å²) in [6.07, 6.45) is 3.91. The normalized spacial score (nSPS) is 18.8. The molecule has 0 saturated carbocycles. The van der Waals surface area contributed by atoms with E-state index in [2.05, 4.69) is 13.0 Å². The van der Waals surface area contributed by atoms with Crippen molar-refractivity contribution in [1.29, 1.82) is 0 Å². The first-order valence-electron chi connectivity index (χ1n) is 5.07. The lowest BCUT2D eigenvalue weighted by molar-refractivity contribution is 0.134. The van der Waals surface area contributed by atoms with E-state index in [1.54, 1.807) is 11.1 Å². The summed E-state index contributed by atoms with van der Waals surface area (Å²) in [5.41, 5.74) is 7.67. The summed E-state index contributed by atoms with van der Waals surface area (Å²) in [4.78, 5) is 0. The lowest BCUT2D eigenvalue weighted by Gasteiger charge is -2.08. The van der Waals surface area contributed by atoms with Crippen molar-refractivity contribution in [3.63, 3.8) is 0 Å². The molecule has 3 rings (SSSR count). The molecule has 0 bridgehead atoms. The van der Waals surface area contributed by atoms with Crippen LogP contribution in [0.1, 0.15) is 34.2 Å². The zero-order valence-corrected chi connectivity index (χ0v) is 8.02. The Morgan fingerprint density at radius 3 is 2.85 bits per heavy atom. The Kier molecular flexibility index (Phi) is 1.50. The Labute approximate surface area is 78.7 Å². The van der Waals surface area contributed by atoms with E-state index >= 15 is 0 Å². The molecule has 0 radical (unpaired) electrons. The Morgan fingerprint density at radius 1 is 1.08 bits per heavy atom. The first kappa shape index (κ1) is 7.57. The molecule has 13 heavy (non-hydrogen) atoms. The van der Waals surface area contributed by atoms with Gasteiger partial charge in [-0.15, -0.1) is 0 Å². The molecule has 1 aliphatic heterocycles. The van der Waals surface area contributed by atoms with Gasteiger partial charge < -0.3 is 4.74 Å². The first-order valence-corrected chi connectivity index (χ1v) is 5.07. The summed E-state index contributed by atoms with van der Waals surface area (Å²) in [6.45, 7) is 3.93. The zero-order valence-electron chi connectivity index (χ0n) is 8.02. The van der Waals surface area contributed by atoms with Crippen LogP contribution in [0.4, 0.5) is 0 Å². The summed E-state index contributed by atoms with van der Waals surface area (Å²) in [5, 5.41) is 0. The highest BCUT2D eigenvalue weighted by Gasteiger charge is 2.22. The average Bonchev–Trinajstić information content (AvgIpc) is 2.66. The van der Waals surface area contributed by atoms with Crippen LogP contribution in [-0.4, -0.2) is 0 Å². The Hall–Kier alpha value is -0.820. The van der Waals surface area contributed by atoms with Crippen LogP contribution < -0.4 is 0 Å². The molecule has 0 N–H and O–H groups in total. The molecule has 1 aromatic rings. The fourth-order valence-corrected chi connectivity index (χ4v) is 2.71. The van der Waals surface area contributed by atoms with Crippen molar-refractivity contribution in [1.82, 2.24) is 0 Å². The van der Waals surface area contributed by atoms with Gasteiger partial charge in [0.2, 0.25) is 0 Å². The minimum Gasteiger partial charge on any atom is -0.372 e. The number of fused-ring (bicyclic) bond motifs is 3. The average molecular weight is 174 g/mol. The first-order chi connectivity index (χ1) is 6.36. The second-order valence-electron chi connectivity index (χ2n) is 4.13. The van der Waals surface area contributed by atoms with Gasteiger partial charge >= 0.3 is 0 Å². The minimum atomic E-state index is 0.837. The van der Waals surface area contributed by atoms with Crippen molar-refractivity contribution in [3.05, 3.63) is 33.9 Å². The molecule has 2 aliphatic rings. The summed E-state index contributed by atoms with van der Waals surface area (Å²) in [5.74, 6) is 0. The summed E-state index contributed by atoms with van der Waals surface area (Å²) in [7, 11) is 0. The van der Waals surface area contributed by atoms with Gasteiger partial charge in [-0.25, -0.2) is 0 Å². The SMILES string of the molecule is Cc1cc2c(c3c1CCC3)COC2. The monoisotopic (exact) mass is 174 g/mol. The molecule has 1 aliphatic carbocycles. The number of aryl methyl sites for hydroxylation is 1. The van der Waals surface area contributed by atoms with Crippen LogP contribution in [-0.2, 0) is 30.8 Å². The maximum Gasteiger partial charge on any atom is 0.0727 e. The molecular formula is C12H14O. The number of hydrogen-bond donors (Lipinski definition) is 0. The van der Waals surface area contributed by atoms with Crippen molar-refractivity contribution >= 4 is 0 Å². The standard InChI is InChI=1S/C12H14O/c1-8-5-9-6-13-7-12(9)11-4-2-3-10(8)11/h5H,2-4,6-7H2,1H3. The van der Waals surface area contributed by atoms with E-state index in [4.69, 9.17) is 4.74 Å². The van der Waals surface area contributed by atoms with Crippen molar-refractivity contribution in [2.45, 2.75) is 39.4 Å². The molecular weight excluding hydrogens is 160 g/mol. The van der Waals surface area contributed by atoms with E-state index < -0.39 is 0 Å². The fourth-order valence-electron chi connectivity index (χ4n) is 2.71. The van der Waals surface area contributed by atoms with Crippen molar-refractivity contribution in [3.8, 4) is 0 Å². The summed E-state index contributed by atoms with van der Waals surface area (Å²) in [6, 6.07) is 2.33. The smallest absolute Gasteiger partial charge is 0.0727 e. The lowest BCUT2D eigenvalue weighted by Crippen LogP contribution is -1.95. The molecule has 1 heterocycles. The topological polar surface area (TPSA) is 9.23 Å². The van der Waals surface area contributed by atoms with Crippen LogP contribution >= 0.6 is 0 Å². The Bertz CT molecular complexity index is 366. The van der Waals surface area contributed by atoms with Crippen LogP contribution in [0.3, 0.4) is 0 Å². The second kappa shape index (κ2) is 2.58. The second-order valence-corrected chi connectivity index (χ2v) is 4.13.